The molecule has 1 aromatic carbocycles. The molecule has 0 saturated carbocycles. The molecule has 0 aliphatic rings. The van der Waals surface area contributed by atoms with Crippen LogP contribution in [0.1, 0.15) is 40.5 Å². The van der Waals surface area contributed by atoms with Gasteiger partial charge in [0.1, 0.15) is 0 Å². The number of benzene rings is 1. The molecule has 1 N–H and O–H groups in total. The number of carboxylic acid groups (broad SMARTS) is 1. The van der Waals surface area contributed by atoms with Gasteiger partial charge in [0.25, 0.3) is 0 Å². The molecule has 0 bridgehead atoms. The van der Waals surface area contributed by atoms with E-state index in [0.717, 1.165) is 29.3 Å². The van der Waals surface area contributed by atoms with Crippen LogP contribution in [0.25, 0.3) is 10.9 Å². The number of aromatic carboxylic acids is 1. The second-order valence-corrected chi connectivity index (χ2v) is 4.89. The van der Waals surface area contributed by atoms with Crippen LogP contribution in [0.15, 0.2) is 12.1 Å². The van der Waals surface area contributed by atoms with E-state index >= 15 is 0 Å². The van der Waals surface area contributed by atoms with E-state index in [1.165, 1.54) is 11.3 Å². The number of nitrogens with zero attached hydrogens (tertiary/aromatic N) is 1. The predicted octanol–water partition coefficient (Wildman–Crippen LogP) is 3.45. The Bertz CT molecular complexity index is 623. The smallest absolute Gasteiger partial charge is 0.337 e. The zero-order chi connectivity index (χ0) is 13.4. The van der Waals surface area contributed by atoms with E-state index in [4.69, 9.17) is 0 Å². The molecule has 1 aromatic heterocycles. The van der Waals surface area contributed by atoms with E-state index in [0.29, 0.717) is 5.56 Å². The van der Waals surface area contributed by atoms with Crippen molar-refractivity contribution in [2.75, 3.05) is 0 Å². The highest BCUT2D eigenvalue weighted by Crippen LogP contribution is 2.30. The number of hydrogen-bond donors (Lipinski definition) is 1. The topological polar surface area (TPSA) is 42.2 Å². The predicted molar refractivity (Wildman–Crippen MR) is 73.3 cm³/mol. The van der Waals surface area contributed by atoms with Gasteiger partial charge in [0.05, 0.1) is 11.1 Å². The number of rotatable bonds is 3. The fraction of sp³-hybridized carbons (Fsp3) is 0.400. The summed E-state index contributed by atoms with van der Waals surface area (Å²) in [7, 11) is 1.94. The SMILES string of the molecule is CCCc1c(C)n(C)c2c(C(=O)O)cc(C)cc12. The summed E-state index contributed by atoms with van der Waals surface area (Å²) in [6.45, 7) is 6.15. The van der Waals surface area contributed by atoms with Crippen molar-refractivity contribution in [1.82, 2.24) is 4.57 Å². The van der Waals surface area contributed by atoms with E-state index in [-0.39, 0.29) is 0 Å². The van der Waals surface area contributed by atoms with Crippen LogP contribution in [0, 0.1) is 13.8 Å². The first kappa shape index (κ1) is 12.7. The van der Waals surface area contributed by atoms with E-state index in [9.17, 15) is 9.90 Å². The molecule has 0 radical (unpaired) electrons. The Morgan fingerprint density at radius 3 is 2.56 bits per heavy atom. The minimum atomic E-state index is -0.854. The second-order valence-electron chi connectivity index (χ2n) is 4.89. The van der Waals surface area contributed by atoms with Crippen LogP contribution in [-0.2, 0) is 13.5 Å². The fourth-order valence-electron chi connectivity index (χ4n) is 2.66. The molecule has 2 aromatic rings. The fourth-order valence-corrected chi connectivity index (χ4v) is 2.66. The third-order valence-corrected chi connectivity index (χ3v) is 3.59. The Balaban J connectivity index is 2.90. The van der Waals surface area contributed by atoms with Crippen molar-refractivity contribution in [3.8, 4) is 0 Å². The average molecular weight is 245 g/mol. The molecule has 3 heteroatoms. The summed E-state index contributed by atoms with van der Waals surface area (Å²) in [5, 5.41) is 10.4. The molecule has 3 nitrogen and oxygen atoms in total. The van der Waals surface area contributed by atoms with Crippen LogP contribution in [0.5, 0.6) is 0 Å². The highest BCUT2D eigenvalue weighted by Gasteiger charge is 2.18. The molecule has 0 unspecified atom stereocenters. The highest BCUT2D eigenvalue weighted by atomic mass is 16.4. The van der Waals surface area contributed by atoms with Gasteiger partial charge in [-0.05, 0) is 43.5 Å². The summed E-state index contributed by atoms with van der Waals surface area (Å²) < 4.78 is 2.00. The van der Waals surface area contributed by atoms with Gasteiger partial charge in [-0.25, -0.2) is 4.79 Å². The lowest BCUT2D eigenvalue weighted by atomic mass is 10.0. The molecular formula is C15H19NO2. The maximum Gasteiger partial charge on any atom is 0.337 e. The molecule has 0 atom stereocenters. The molecule has 0 spiro atoms. The highest BCUT2D eigenvalue weighted by molar-refractivity contribution is 6.04. The van der Waals surface area contributed by atoms with Gasteiger partial charge >= 0.3 is 5.97 Å². The van der Waals surface area contributed by atoms with Crippen LogP contribution < -0.4 is 0 Å². The Morgan fingerprint density at radius 1 is 1.33 bits per heavy atom. The van der Waals surface area contributed by atoms with Crippen LogP contribution in [0.3, 0.4) is 0 Å². The Kier molecular flexibility index (Phi) is 3.16. The number of fused-ring (bicyclic) bond motifs is 1. The Morgan fingerprint density at radius 2 is 2.00 bits per heavy atom. The molecule has 0 amide bonds. The monoisotopic (exact) mass is 245 g/mol. The Labute approximate surface area is 107 Å². The maximum absolute atomic E-state index is 11.4. The van der Waals surface area contributed by atoms with Gasteiger partial charge in [-0.3, -0.25) is 0 Å². The standard InChI is InChI=1S/C15H19NO2/c1-5-6-11-10(3)16(4)14-12(11)7-9(2)8-13(14)15(17)18/h7-8H,5-6H2,1-4H3,(H,17,18). The summed E-state index contributed by atoms with van der Waals surface area (Å²) >= 11 is 0. The molecule has 1 heterocycles. The van der Waals surface area contributed by atoms with Crippen molar-refractivity contribution in [1.29, 1.82) is 0 Å². The van der Waals surface area contributed by atoms with Crippen LogP contribution in [-0.4, -0.2) is 15.6 Å². The number of hydrogen-bond acceptors (Lipinski definition) is 1. The third kappa shape index (κ3) is 1.80. The lowest BCUT2D eigenvalue weighted by Gasteiger charge is -2.04. The maximum atomic E-state index is 11.4. The third-order valence-electron chi connectivity index (χ3n) is 3.59. The second kappa shape index (κ2) is 4.48. The number of aromatic nitrogens is 1. The van der Waals surface area contributed by atoms with Crippen LogP contribution in [0.4, 0.5) is 0 Å². The molecule has 0 aliphatic carbocycles. The van der Waals surface area contributed by atoms with E-state index in [2.05, 4.69) is 19.9 Å². The summed E-state index contributed by atoms with van der Waals surface area (Å²) in [6.07, 6.45) is 2.06. The normalized spacial score (nSPS) is 11.1. The quantitative estimate of drug-likeness (QED) is 0.900. The van der Waals surface area contributed by atoms with Crippen molar-refractivity contribution in [3.05, 3.63) is 34.5 Å². The van der Waals surface area contributed by atoms with Gasteiger partial charge < -0.3 is 9.67 Å². The van der Waals surface area contributed by atoms with Crippen molar-refractivity contribution < 1.29 is 9.90 Å². The molecular weight excluding hydrogens is 226 g/mol. The minimum Gasteiger partial charge on any atom is -0.478 e. The van der Waals surface area contributed by atoms with Crippen molar-refractivity contribution >= 4 is 16.9 Å². The van der Waals surface area contributed by atoms with E-state index in [1.807, 2.05) is 18.5 Å². The van der Waals surface area contributed by atoms with Gasteiger partial charge in [-0.1, -0.05) is 13.3 Å². The minimum absolute atomic E-state index is 0.401. The molecule has 0 fully saturated rings. The van der Waals surface area contributed by atoms with E-state index in [1.54, 1.807) is 6.07 Å². The lowest BCUT2D eigenvalue weighted by Crippen LogP contribution is -2.02. The average Bonchev–Trinajstić information content (AvgIpc) is 2.54. The number of aryl methyl sites for hydroxylation is 3. The zero-order valence-corrected chi connectivity index (χ0v) is 11.4. The van der Waals surface area contributed by atoms with Gasteiger partial charge in [0.15, 0.2) is 0 Å². The van der Waals surface area contributed by atoms with Gasteiger partial charge in [-0.15, -0.1) is 0 Å². The lowest BCUT2D eigenvalue weighted by molar-refractivity contribution is 0.0698. The van der Waals surface area contributed by atoms with Crippen molar-refractivity contribution in [3.63, 3.8) is 0 Å². The molecule has 0 aliphatic heterocycles. The molecule has 96 valence electrons. The van der Waals surface area contributed by atoms with Crippen molar-refractivity contribution in [2.24, 2.45) is 7.05 Å². The summed E-state index contributed by atoms with van der Waals surface area (Å²) in [5.74, 6) is -0.854. The first-order chi connectivity index (χ1) is 8.47. The van der Waals surface area contributed by atoms with E-state index < -0.39 is 5.97 Å². The van der Waals surface area contributed by atoms with Crippen molar-refractivity contribution in [2.45, 2.75) is 33.6 Å². The van der Waals surface area contributed by atoms with Gasteiger partial charge in [-0.2, -0.15) is 0 Å². The molecule has 0 saturated heterocycles. The van der Waals surface area contributed by atoms with Crippen LogP contribution in [0.2, 0.25) is 0 Å². The number of carbonyl (C=O) groups is 1. The summed E-state index contributed by atoms with van der Waals surface area (Å²) in [6, 6.07) is 3.85. The first-order valence-electron chi connectivity index (χ1n) is 6.29. The first-order valence-corrected chi connectivity index (χ1v) is 6.29. The van der Waals surface area contributed by atoms with Crippen LogP contribution >= 0.6 is 0 Å². The summed E-state index contributed by atoms with van der Waals surface area (Å²) in [4.78, 5) is 11.4. The van der Waals surface area contributed by atoms with Gasteiger partial charge in [0.2, 0.25) is 0 Å². The molecule has 2 rings (SSSR count). The van der Waals surface area contributed by atoms with Gasteiger partial charge in [0, 0.05) is 18.1 Å². The molecule has 18 heavy (non-hydrogen) atoms. The summed E-state index contributed by atoms with van der Waals surface area (Å²) in [5.41, 5.74) is 4.69. The zero-order valence-electron chi connectivity index (χ0n) is 11.4. The Hall–Kier alpha value is -1.77. The number of carboxylic acids is 1. The largest absolute Gasteiger partial charge is 0.478 e.